The highest BCUT2D eigenvalue weighted by molar-refractivity contribution is 9.10. The third-order valence-electron chi connectivity index (χ3n) is 3.50. The lowest BCUT2D eigenvalue weighted by Crippen LogP contribution is -2.32. The number of nitrogens with zero attached hydrogens (tertiary/aromatic N) is 1. The molecule has 0 bridgehead atoms. The van der Waals surface area contributed by atoms with Crippen LogP contribution >= 0.6 is 15.9 Å². The van der Waals surface area contributed by atoms with Crippen molar-refractivity contribution in [2.24, 2.45) is 4.99 Å². The van der Waals surface area contributed by atoms with E-state index in [4.69, 9.17) is 9.47 Å². The molecular formula is C13H14BrNO4. The highest BCUT2D eigenvalue weighted by Gasteiger charge is 2.43. The van der Waals surface area contributed by atoms with Crippen molar-refractivity contribution < 1.29 is 19.4 Å². The fourth-order valence-electron chi connectivity index (χ4n) is 2.40. The second-order valence-electron chi connectivity index (χ2n) is 4.41. The summed E-state index contributed by atoms with van der Waals surface area (Å²) in [5.74, 6) is 0.922. The summed E-state index contributed by atoms with van der Waals surface area (Å²) in [5, 5.41) is 10.2. The molecule has 0 aliphatic heterocycles. The van der Waals surface area contributed by atoms with Crippen LogP contribution in [0.2, 0.25) is 0 Å². The van der Waals surface area contributed by atoms with E-state index in [0.29, 0.717) is 34.4 Å². The number of phenols is 1. The van der Waals surface area contributed by atoms with Crippen LogP contribution in [0.3, 0.4) is 0 Å². The summed E-state index contributed by atoms with van der Waals surface area (Å²) in [6.45, 7) is 0. The first-order valence-electron chi connectivity index (χ1n) is 5.82. The maximum Gasteiger partial charge on any atom is 0.235 e. The van der Waals surface area contributed by atoms with Gasteiger partial charge in [0, 0.05) is 11.6 Å². The van der Waals surface area contributed by atoms with E-state index in [1.54, 1.807) is 6.08 Å². The zero-order chi connectivity index (χ0) is 14.0. The number of methoxy groups -OCH3 is 2. The van der Waals surface area contributed by atoms with Gasteiger partial charge < -0.3 is 14.6 Å². The fraction of sp³-hybridized carbons (Fsp3) is 0.462. The fourth-order valence-corrected chi connectivity index (χ4v) is 3.33. The summed E-state index contributed by atoms with van der Waals surface area (Å²) in [7, 11) is 3.01. The number of rotatable bonds is 4. The number of hydrogen-bond acceptors (Lipinski definition) is 5. The lowest BCUT2D eigenvalue weighted by Gasteiger charge is -2.38. The molecule has 1 aromatic rings. The van der Waals surface area contributed by atoms with E-state index in [1.165, 1.54) is 20.3 Å². The number of hydrogen-bond donors (Lipinski definition) is 1. The van der Waals surface area contributed by atoms with Crippen molar-refractivity contribution >= 4 is 22.0 Å². The average Bonchev–Trinajstić information content (AvgIpc) is 2.34. The Morgan fingerprint density at radius 1 is 1.42 bits per heavy atom. The van der Waals surface area contributed by atoms with Crippen LogP contribution in [0.1, 0.15) is 24.8 Å². The van der Waals surface area contributed by atoms with Crippen molar-refractivity contribution in [2.75, 3.05) is 14.2 Å². The number of carbonyl (C=O) groups excluding carboxylic acids is 1. The van der Waals surface area contributed by atoms with Gasteiger partial charge >= 0.3 is 0 Å². The van der Waals surface area contributed by atoms with Crippen molar-refractivity contribution in [1.29, 1.82) is 0 Å². The molecular weight excluding hydrogens is 314 g/mol. The first kappa shape index (κ1) is 13.9. The van der Waals surface area contributed by atoms with E-state index in [-0.39, 0.29) is 5.75 Å². The normalized spacial score (nSPS) is 16.2. The Kier molecular flexibility index (Phi) is 3.83. The van der Waals surface area contributed by atoms with Gasteiger partial charge in [0.2, 0.25) is 6.08 Å². The summed E-state index contributed by atoms with van der Waals surface area (Å²) in [6.07, 6.45) is 3.95. The van der Waals surface area contributed by atoms with Gasteiger partial charge in [-0.3, -0.25) is 0 Å². The molecule has 1 fully saturated rings. The van der Waals surface area contributed by atoms with E-state index in [9.17, 15) is 9.90 Å². The molecule has 1 aromatic carbocycles. The standard InChI is InChI=1S/C13H14BrNO4/c1-18-9-6-8(17)10(11(14)12(9)19-2)13(15-7-16)4-3-5-13/h6,17H,3-5H2,1-2H3. The Morgan fingerprint density at radius 3 is 2.53 bits per heavy atom. The third kappa shape index (κ3) is 2.11. The molecule has 0 radical (unpaired) electrons. The molecule has 1 saturated carbocycles. The SMILES string of the molecule is COc1cc(O)c(C2(N=C=O)CCC2)c(Br)c1OC. The third-order valence-corrected chi connectivity index (χ3v) is 4.25. The van der Waals surface area contributed by atoms with E-state index in [2.05, 4.69) is 20.9 Å². The molecule has 1 aliphatic carbocycles. The summed E-state index contributed by atoms with van der Waals surface area (Å²) < 4.78 is 11.0. The minimum Gasteiger partial charge on any atom is -0.507 e. The Bertz CT molecular complexity index is 548. The lowest BCUT2D eigenvalue weighted by molar-refractivity contribution is 0.244. The second-order valence-corrected chi connectivity index (χ2v) is 5.20. The van der Waals surface area contributed by atoms with Crippen molar-refractivity contribution in [3.05, 3.63) is 16.1 Å². The molecule has 5 nitrogen and oxygen atoms in total. The van der Waals surface area contributed by atoms with Crippen molar-refractivity contribution in [1.82, 2.24) is 0 Å². The number of halogens is 1. The molecule has 1 aliphatic rings. The Labute approximate surface area is 119 Å². The van der Waals surface area contributed by atoms with Crippen LogP contribution in [0.4, 0.5) is 0 Å². The van der Waals surface area contributed by atoms with Crippen LogP contribution < -0.4 is 9.47 Å². The zero-order valence-corrected chi connectivity index (χ0v) is 12.3. The Morgan fingerprint density at radius 2 is 2.11 bits per heavy atom. The molecule has 0 unspecified atom stereocenters. The van der Waals surface area contributed by atoms with E-state index >= 15 is 0 Å². The average molecular weight is 328 g/mol. The van der Waals surface area contributed by atoms with Gasteiger partial charge in [0.05, 0.1) is 18.7 Å². The quantitative estimate of drug-likeness (QED) is 0.682. The summed E-state index contributed by atoms with van der Waals surface area (Å²) in [6, 6.07) is 1.47. The maximum atomic E-state index is 10.6. The number of benzene rings is 1. The van der Waals surface area contributed by atoms with Gasteiger partial charge in [0.1, 0.15) is 11.3 Å². The van der Waals surface area contributed by atoms with E-state index in [1.807, 2.05) is 0 Å². The van der Waals surface area contributed by atoms with Crippen LogP contribution in [0.25, 0.3) is 0 Å². The largest absolute Gasteiger partial charge is 0.507 e. The zero-order valence-electron chi connectivity index (χ0n) is 10.7. The van der Waals surface area contributed by atoms with Gasteiger partial charge in [-0.05, 0) is 35.2 Å². The number of aliphatic imine (C=N–C) groups is 1. The van der Waals surface area contributed by atoms with Gasteiger partial charge in [-0.1, -0.05) is 0 Å². The molecule has 0 amide bonds. The summed E-state index contributed by atoms with van der Waals surface area (Å²) >= 11 is 3.41. The first-order valence-corrected chi connectivity index (χ1v) is 6.62. The molecule has 19 heavy (non-hydrogen) atoms. The molecule has 0 spiro atoms. The minimum atomic E-state index is -0.704. The van der Waals surface area contributed by atoms with E-state index < -0.39 is 5.54 Å². The molecule has 102 valence electrons. The lowest BCUT2D eigenvalue weighted by atomic mass is 9.72. The number of isocyanates is 1. The molecule has 0 aromatic heterocycles. The molecule has 6 heteroatoms. The summed E-state index contributed by atoms with van der Waals surface area (Å²) in [5.41, 5.74) is -0.149. The van der Waals surface area contributed by atoms with Crippen LogP contribution in [0, 0.1) is 0 Å². The Hall–Kier alpha value is -1.52. The van der Waals surface area contributed by atoms with Crippen molar-refractivity contribution in [3.63, 3.8) is 0 Å². The summed E-state index contributed by atoms with van der Waals surface area (Å²) in [4.78, 5) is 14.5. The predicted molar refractivity (Wildman–Crippen MR) is 72.6 cm³/mol. The topological polar surface area (TPSA) is 68.1 Å². The highest BCUT2D eigenvalue weighted by atomic mass is 79.9. The van der Waals surface area contributed by atoms with Gasteiger partial charge in [-0.25, -0.2) is 4.79 Å². The van der Waals surface area contributed by atoms with Gasteiger partial charge in [0.25, 0.3) is 0 Å². The molecule has 2 rings (SSSR count). The monoisotopic (exact) mass is 327 g/mol. The van der Waals surface area contributed by atoms with Crippen molar-refractivity contribution in [2.45, 2.75) is 24.8 Å². The van der Waals surface area contributed by atoms with Gasteiger partial charge in [-0.15, -0.1) is 0 Å². The van der Waals surface area contributed by atoms with Crippen molar-refractivity contribution in [3.8, 4) is 17.2 Å². The first-order chi connectivity index (χ1) is 9.09. The van der Waals surface area contributed by atoms with Gasteiger partial charge in [0.15, 0.2) is 11.5 Å². The molecule has 1 N–H and O–H groups in total. The molecule has 0 heterocycles. The Balaban J connectivity index is 2.67. The molecule has 0 atom stereocenters. The number of ether oxygens (including phenoxy) is 2. The molecule has 0 saturated heterocycles. The second kappa shape index (κ2) is 5.23. The van der Waals surface area contributed by atoms with Gasteiger partial charge in [-0.2, -0.15) is 4.99 Å². The van der Waals surface area contributed by atoms with E-state index in [0.717, 1.165) is 6.42 Å². The minimum absolute atomic E-state index is 0.0308. The number of phenolic OH excluding ortho intramolecular Hbond substituents is 1. The predicted octanol–water partition coefficient (Wildman–Crippen LogP) is 2.89. The van der Waals surface area contributed by atoms with Crippen LogP contribution in [0.5, 0.6) is 17.2 Å². The smallest absolute Gasteiger partial charge is 0.235 e. The van der Waals surface area contributed by atoms with Crippen LogP contribution in [0.15, 0.2) is 15.5 Å². The maximum absolute atomic E-state index is 10.6. The van der Waals surface area contributed by atoms with Crippen LogP contribution in [-0.4, -0.2) is 25.4 Å². The highest BCUT2D eigenvalue weighted by Crippen LogP contribution is 2.54. The number of aromatic hydroxyl groups is 1. The van der Waals surface area contributed by atoms with Crippen LogP contribution in [-0.2, 0) is 10.3 Å².